The summed E-state index contributed by atoms with van der Waals surface area (Å²) < 4.78 is 30.1. The van der Waals surface area contributed by atoms with Crippen LogP contribution in [-0.4, -0.2) is 22.9 Å². The quantitative estimate of drug-likeness (QED) is 0.618. The Hall–Kier alpha value is -1.21. The molecule has 0 saturated carbocycles. The predicted octanol–water partition coefficient (Wildman–Crippen LogP) is -0.0777. The highest BCUT2D eigenvalue weighted by Crippen LogP contribution is 2.14. The molecule has 72 valence electrons. The van der Waals surface area contributed by atoms with E-state index in [-0.39, 0.29) is 5.82 Å². The van der Waals surface area contributed by atoms with Crippen molar-refractivity contribution in [2.45, 2.75) is 18.9 Å². The van der Waals surface area contributed by atoms with E-state index < -0.39 is 15.1 Å². The predicted molar refractivity (Wildman–Crippen MR) is 45.7 cm³/mol. The van der Waals surface area contributed by atoms with Crippen LogP contribution in [0.15, 0.2) is 5.03 Å². The maximum atomic E-state index is 10.7. The molecule has 1 aromatic heterocycles. The number of aromatic nitrogens is 2. The van der Waals surface area contributed by atoms with Gasteiger partial charge in [0, 0.05) is 0 Å². The highest BCUT2D eigenvalue weighted by atomic mass is 32.2. The van der Waals surface area contributed by atoms with Gasteiger partial charge in [0.15, 0.2) is 5.82 Å². The molecule has 3 N–H and O–H groups in total. The Morgan fingerprint density at radius 3 is 2.15 bits per heavy atom. The molecule has 1 heterocycles. The van der Waals surface area contributed by atoms with Crippen molar-refractivity contribution in [1.29, 1.82) is 0 Å². The molecule has 0 amide bonds. The van der Waals surface area contributed by atoms with E-state index >= 15 is 0 Å². The van der Waals surface area contributed by atoms with Crippen molar-refractivity contribution in [3.05, 3.63) is 11.4 Å². The minimum Gasteiger partial charge on any atom is -0.381 e. The average Bonchev–Trinajstić information content (AvgIpc) is 1.94. The van der Waals surface area contributed by atoms with E-state index in [9.17, 15) is 8.42 Å². The summed E-state index contributed by atoms with van der Waals surface area (Å²) in [5, 5.41) is -0.587. The van der Waals surface area contributed by atoms with Gasteiger partial charge in [-0.2, -0.15) is 8.42 Å². The molecule has 0 aliphatic rings. The fourth-order valence-corrected chi connectivity index (χ4v) is 1.35. The van der Waals surface area contributed by atoms with Crippen LogP contribution in [0.25, 0.3) is 0 Å². The summed E-state index contributed by atoms with van der Waals surface area (Å²) >= 11 is 0. The normalized spacial score (nSPS) is 11.6. The third-order valence-electron chi connectivity index (χ3n) is 1.54. The largest absolute Gasteiger partial charge is 0.381 e. The molecule has 0 saturated heterocycles. The van der Waals surface area contributed by atoms with Gasteiger partial charge in [0.2, 0.25) is 5.03 Å². The zero-order valence-electron chi connectivity index (χ0n) is 7.14. The molecule has 13 heavy (non-hydrogen) atoms. The number of nitrogen functional groups attached to an aromatic ring is 1. The van der Waals surface area contributed by atoms with Crippen molar-refractivity contribution < 1.29 is 13.0 Å². The lowest BCUT2D eigenvalue weighted by molar-refractivity contribution is 0.479. The van der Waals surface area contributed by atoms with E-state index in [4.69, 9.17) is 10.3 Å². The molecular weight excluding hydrogens is 194 g/mol. The first-order chi connectivity index (χ1) is 5.82. The number of hydrogen-bond acceptors (Lipinski definition) is 5. The van der Waals surface area contributed by atoms with Gasteiger partial charge in [-0.3, -0.25) is 4.55 Å². The number of nitrogens with zero attached hydrogens (tertiary/aromatic N) is 2. The maximum Gasteiger partial charge on any atom is 0.315 e. The summed E-state index contributed by atoms with van der Waals surface area (Å²) in [5.74, 6) is -0.286. The second kappa shape index (κ2) is 2.93. The van der Waals surface area contributed by atoms with Gasteiger partial charge in [0.1, 0.15) is 0 Å². The van der Waals surface area contributed by atoms with Gasteiger partial charge in [-0.25, -0.2) is 9.97 Å². The van der Waals surface area contributed by atoms with Crippen LogP contribution in [0.2, 0.25) is 0 Å². The lowest BCUT2D eigenvalue weighted by atomic mass is 10.3. The van der Waals surface area contributed by atoms with Crippen molar-refractivity contribution in [3.63, 3.8) is 0 Å². The topological polar surface area (TPSA) is 106 Å². The van der Waals surface area contributed by atoms with Crippen LogP contribution in [0.3, 0.4) is 0 Å². The average molecular weight is 203 g/mol. The fourth-order valence-electron chi connectivity index (χ4n) is 0.790. The second-order valence-electron chi connectivity index (χ2n) is 2.56. The molecule has 0 bridgehead atoms. The van der Waals surface area contributed by atoms with Gasteiger partial charge >= 0.3 is 10.1 Å². The van der Waals surface area contributed by atoms with Crippen LogP contribution in [0, 0.1) is 13.8 Å². The zero-order chi connectivity index (χ0) is 10.2. The highest BCUT2D eigenvalue weighted by Gasteiger charge is 2.18. The van der Waals surface area contributed by atoms with Crippen molar-refractivity contribution in [2.75, 3.05) is 5.73 Å². The van der Waals surface area contributed by atoms with Crippen molar-refractivity contribution in [2.24, 2.45) is 0 Å². The summed E-state index contributed by atoms with van der Waals surface area (Å²) in [6, 6.07) is 0. The van der Waals surface area contributed by atoms with Crippen LogP contribution in [-0.2, 0) is 10.1 Å². The van der Waals surface area contributed by atoms with E-state index in [1.165, 1.54) is 0 Å². The lowest BCUT2D eigenvalue weighted by Gasteiger charge is -2.03. The summed E-state index contributed by atoms with van der Waals surface area (Å²) in [5.41, 5.74) is 6.21. The molecule has 0 radical (unpaired) electrons. The Labute approximate surface area is 75.6 Å². The summed E-state index contributed by atoms with van der Waals surface area (Å²) in [4.78, 5) is 7.33. The van der Waals surface area contributed by atoms with Crippen molar-refractivity contribution >= 4 is 15.9 Å². The third-order valence-corrected chi connectivity index (χ3v) is 2.33. The molecule has 0 fully saturated rings. The summed E-state index contributed by atoms with van der Waals surface area (Å²) in [6.07, 6.45) is 0. The van der Waals surface area contributed by atoms with Gasteiger partial charge in [-0.05, 0) is 13.8 Å². The second-order valence-corrected chi connectivity index (χ2v) is 3.90. The van der Waals surface area contributed by atoms with E-state index in [1.807, 2.05) is 0 Å². The van der Waals surface area contributed by atoms with E-state index in [0.29, 0.717) is 11.4 Å². The van der Waals surface area contributed by atoms with E-state index in [2.05, 4.69) is 9.97 Å². The highest BCUT2D eigenvalue weighted by molar-refractivity contribution is 7.85. The summed E-state index contributed by atoms with van der Waals surface area (Å²) in [6.45, 7) is 3.23. The maximum absolute atomic E-state index is 10.7. The Kier molecular flexibility index (Phi) is 2.22. The Bertz CT molecular complexity index is 441. The van der Waals surface area contributed by atoms with Gasteiger partial charge in [0.05, 0.1) is 11.4 Å². The monoisotopic (exact) mass is 203 g/mol. The number of nitrogens with two attached hydrogens (primary N) is 1. The van der Waals surface area contributed by atoms with Crippen molar-refractivity contribution in [3.8, 4) is 0 Å². The van der Waals surface area contributed by atoms with Gasteiger partial charge in [-0.1, -0.05) is 0 Å². The molecular formula is C6H9N3O3S. The minimum atomic E-state index is -4.37. The van der Waals surface area contributed by atoms with Crippen molar-refractivity contribution in [1.82, 2.24) is 9.97 Å². The Morgan fingerprint density at radius 2 is 1.69 bits per heavy atom. The molecule has 0 aromatic carbocycles. The van der Waals surface area contributed by atoms with Crippen LogP contribution in [0.5, 0.6) is 0 Å². The molecule has 6 nitrogen and oxygen atoms in total. The number of aryl methyl sites for hydroxylation is 2. The first kappa shape index (κ1) is 9.87. The van der Waals surface area contributed by atoms with Gasteiger partial charge in [0.25, 0.3) is 0 Å². The van der Waals surface area contributed by atoms with Crippen LogP contribution >= 0.6 is 0 Å². The molecule has 0 spiro atoms. The Balaban J connectivity index is 3.50. The first-order valence-electron chi connectivity index (χ1n) is 3.40. The molecule has 7 heteroatoms. The molecule has 0 unspecified atom stereocenters. The smallest absolute Gasteiger partial charge is 0.315 e. The molecule has 1 rings (SSSR count). The molecule has 0 aliphatic carbocycles. The van der Waals surface area contributed by atoms with E-state index in [1.54, 1.807) is 13.8 Å². The minimum absolute atomic E-state index is 0.286. The van der Waals surface area contributed by atoms with Gasteiger partial charge in [-0.15, -0.1) is 0 Å². The molecule has 0 aliphatic heterocycles. The van der Waals surface area contributed by atoms with Crippen LogP contribution in [0.1, 0.15) is 11.4 Å². The van der Waals surface area contributed by atoms with Crippen LogP contribution < -0.4 is 5.73 Å². The first-order valence-corrected chi connectivity index (χ1v) is 4.84. The molecule has 0 atom stereocenters. The number of hydrogen-bond donors (Lipinski definition) is 2. The lowest BCUT2D eigenvalue weighted by Crippen LogP contribution is -2.10. The van der Waals surface area contributed by atoms with E-state index in [0.717, 1.165) is 0 Å². The Morgan fingerprint density at radius 1 is 1.23 bits per heavy atom. The third kappa shape index (κ3) is 1.93. The SMILES string of the molecule is Cc1nc(N)c(S(=O)(=O)O)nc1C. The zero-order valence-corrected chi connectivity index (χ0v) is 7.96. The summed E-state index contributed by atoms with van der Waals surface area (Å²) in [7, 11) is -4.37. The molecule has 1 aromatic rings. The fraction of sp³-hybridized carbons (Fsp3) is 0.333. The standard InChI is InChI=1S/C6H9N3O3S/c1-3-4(2)9-6(5(7)8-3)13(10,11)12/h1-2H3,(H2,7,8)(H,10,11,12). The number of anilines is 1. The van der Waals surface area contributed by atoms with Crippen LogP contribution in [0.4, 0.5) is 5.82 Å². The van der Waals surface area contributed by atoms with Gasteiger partial charge < -0.3 is 5.73 Å². The number of rotatable bonds is 1.